The SMILES string of the molecule is CC(C)C[C@@H](CNCC(=O)[C@H](C)NC(=O)c1[nH]cnc1C(=O)N[C@@H](C)CN)NC(=O)c1nc[nH]c1C(=O)N[C@@H](C)C(=O)O. The summed E-state index contributed by atoms with van der Waals surface area (Å²) in [6.45, 7) is 8.62. The largest absolute Gasteiger partial charge is 0.480 e. The Kier molecular flexibility index (Phi) is 13.0. The molecule has 10 N–H and O–H groups in total. The van der Waals surface area contributed by atoms with Gasteiger partial charge in [-0.2, -0.15) is 0 Å². The predicted octanol–water partition coefficient (Wildman–Crippen LogP) is -1.47. The van der Waals surface area contributed by atoms with E-state index in [2.05, 4.69) is 46.5 Å². The van der Waals surface area contributed by atoms with Crippen LogP contribution in [-0.4, -0.2) is 104 Å². The van der Waals surface area contributed by atoms with E-state index < -0.39 is 47.7 Å². The molecule has 2 aromatic rings. The standard InChI is InChI=1S/C26H40N10O7/c1-12(2)6-16(36-25(41)21-20(31-11-32-21)24(40)35-15(5)26(42)43)8-28-9-17(37)14(4)34-23(39)19-18(29-10-30-19)22(38)33-13(3)7-27/h10-16,28H,6-9,27H2,1-5H3,(H,29,30)(H,31,32)(H,33,38)(H,34,39)(H,35,40)(H,36,41)(H,42,43)/t13-,14-,15-,16-/m0/s1. The molecule has 0 aliphatic heterocycles. The molecule has 4 amide bonds. The average Bonchev–Trinajstić information content (AvgIpc) is 3.63. The van der Waals surface area contributed by atoms with Gasteiger partial charge in [0, 0.05) is 25.2 Å². The Bertz CT molecular complexity index is 1300. The van der Waals surface area contributed by atoms with E-state index >= 15 is 0 Å². The molecule has 0 aliphatic carbocycles. The second-order valence-electron chi connectivity index (χ2n) is 10.5. The molecule has 43 heavy (non-hydrogen) atoms. The topological polar surface area (TPSA) is 266 Å². The van der Waals surface area contributed by atoms with Crippen LogP contribution in [0.3, 0.4) is 0 Å². The van der Waals surface area contributed by atoms with E-state index in [-0.39, 0.29) is 60.2 Å². The Balaban J connectivity index is 1.95. The van der Waals surface area contributed by atoms with Gasteiger partial charge in [0.25, 0.3) is 23.6 Å². The van der Waals surface area contributed by atoms with E-state index in [1.165, 1.54) is 20.2 Å². The number of H-pyrrole nitrogens is 2. The van der Waals surface area contributed by atoms with Crippen LogP contribution in [0.4, 0.5) is 0 Å². The van der Waals surface area contributed by atoms with Gasteiger partial charge in [-0.05, 0) is 33.1 Å². The monoisotopic (exact) mass is 604 g/mol. The predicted molar refractivity (Wildman–Crippen MR) is 153 cm³/mol. The van der Waals surface area contributed by atoms with Crippen LogP contribution in [0.5, 0.6) is 0 Å². The lowest BCUT2D eigenvalue weighted by molar-refractivity contribution is -0.138. The number of amides is 4. The van der Waals surface area contributed by atoms with E-state index in [9.17, 15) is 28.8 Å². The molecule has 0 bridgehead atoms. The number of Topliss-reactive ketones (excluding diaryl/α,β-unsaturated/α-hetero) is 1. The molecule has 4 atom stereocenters. The molecular formula is C26H40N10O7. The van der Waals surface area contributed by atoms with Gasteiger partial charge < -0.3 is 47.4 Å². The fourth-order valence-corrected chi connectivity index (χ4v) is 3.85. The zero-order valence-electron chi connectivity index (χ0n) is 24.7. The molecule has 0 radical (unpaired) electrons. The van der Waals surface area contributed by atoms with Crippen LogP contribution in [0, 0.1) is 5.92 Å². The van der Waals surface area contributed by atoms with Crippen LogP contribution in [0.1, 0.15) is 83.0 Å². The maximum atomic E-state index is 13.0. The summed E-state index contributed by atoms with van der Waals surface area (Å²) >= 11 is 0. The molecule has 17 heteroatoms. The molecule has 0 saturated carbocycles. The fourth-order valence-electron chi connectivity index (χ4n) is 3.85. The first kappa shape index (κ1) is 34.6. The van der Waals surface area contributed by atoms with Gasteiger partial charge in [0.1, 0.15) is 17.4 Å². The minimum atomic E-state index is -1.24. The third-order valence-electron chi connectivity index (χ3n) is 6.22. The minimum Gasteiger partial charge on any atom is -0.480 e. The molecule has 17 nitrogen and oxygen atoms in total. The second kappa shape index (κ2) is 16.1. The van der Waals surface area contributed by atoms with Crippen molar-refractivity contribution >= 4 is 35.4 Å². The Hall–Kier alpha value is -4.64. The van der Waals surface area contributed by atoms with Gasteiger partial charge in [-0.3, -0.25) is 28.8 Å². The molecule has 2 heterocycles. The first-order valence-electron chi connectivity index (χ1n) is 13.7. The van der Waals surface area contributed by atoms with E-state index in [0.29, 0.717) is 6.42 Å². The number of hydrogen-bond donors (Lipinski definition) is 9. The zero-order valence-corrected chi connectivity index (χ0v) is 24.7. The van der Waals surface area contributed by atoms with Crippen LogP contribution < -0.4 is 32.3 Å². The van der Waals surface area contributed by atoms with Crippen molar-refractivity contribution in [2.24, 2.45) is 11.7 Å². The van der Waals surface area contributed by atoms with Crippen LogP contribution in [0.2, 0.25) is 0 Å². The third-order valence-corrected chi connectivity index (χ3v) is 6.22. The molecule has 0 aliphatic rings. The van der Waals surface area contributed by atoms with Gasteiger partial charge >= 0.3 is 5.97 Å². The average molecular weight is 605 g/mol. The summed E-state index contributed by atoms with van der Waals surface area (Å²) in [6.07, 6.45) is 2.87. The van der Waals surface area contributed by atoms with Crippen molar-refractivity contribution in [3.05, 3.63) is 35.4 Å². The number of rotatable bonds is 17. The van der Waals surface area contributed by atoms with Crippen LogP contribution in [0.25, 0.3) is 0 Å². The second-order valence-corrected chi connectivity index (χ2v) is 10.5. The van der Waals surface area contributed by atoms with Crippen molar-refractivity contribution in [3.8, 4) is 0 Å². The highest BCUT2D eigenvalue weighted by atomic mass is 16.4. The van der Waals surface area contributed by atoms with Crippen molar-refractivity contribution in [1.82, 2.24) is 46.5 Å². The maximum absolute atomic E-state index is 13.0. The van der Waals surface area contributed by atoms with Gasteiger partial charge in [-0.15, -0.1) is 0 Å². The number of imidazole rings is 2. The summed E-state index contributed by atoms with van der Waals surface area (Å²) < 4.78 is 0. The van der Waals surface area contributed by atoms with Gasteiger partial charge in [0.2, 0.25) is 0 Å². The molecule has 236 valence electrons. The fraction of sp³-hybridized carbons (Fsp3) is 0.538. The van der Waals surface area contributed by atoms with Crippen LogP contribution in [-0.2, 0) is 9.59 Å². The molecule has 0 spiro atoms. The van der Waals surface area contributed by atoms with E-state index in [1.54, 1.807) is 6.92 Å². The number of carbonyl (C=O) groups is 6. The first-order chi connectivity index (χ1) is 20.2. The normalized spacial score (nSPS) is 13.8. The van der Waals surface area contributed by atoms with E-state index in [0.717, 1.165) is 6.33 Å². The summed E-state index contributed by atoms with van der Waals surface area (Å²) in [5.74, 6) is -4.17. The molecule has 0 fully saturated rings. The summed E-state index contributed by atoms with van der Waals surface area (Å²) in [6, 6.07) is -2.89. The number of aromatic amines is 2. The quantitative estimate of drug-likeness (QED) is 0.101. The number of nitrogens with zero attached hydrogens (tertiary/aromatic N) is 2. The summed E-state index contributed by atoms with van der Waals surface area (Å²) in [5.41, 5.74) is 4.90. The van der Waals surface area contributed by atoms with Gasteiger partial charge in [0.15, 0.2) is 17.2 Å². The Labute approximate surface area is 247 Å². The number of carboxylic acid groups (broad SMARTS) is 1. The third kappa shape index (κ3) is 10.3. The molecule has 2 aromatic heterocycles. The molecule has 0 unspecified atom stereocenters. The van der Waals surface area contributed by atoms with Crippen molar-refractivity contribution in [2.75, 3.05) is 19.6 Å². The number of carboxylic acids is 1. The highest BCUT2D eigenvalue weighted by molar-refractivity contribution is 6.06. The molecule has 0 aromatic carbocycles. The Morgan fingerprint density at radius 1 is 0.791 bits per heavy atom. The van der Waals surface area contributed by atoms with Gasteiger partial charge in [-0.1, -0.05) is 13.8 Å². The maximum Gasteiger partial charge on any atom is 0.325 e. The number of aromatic nitrogens is 4. The van der Waals surface area contributed by atoms with Crippen LogP contribution >= 0.6 is 0 Å². The lowest BCUT2D eigenvalue weighted by Gasteiger charge is -2.21. The molecular weight excluding hydrogens is 564 g/mol. The lowest BCUT2D eigenvalue weighted by atomic mass is 10.0. The Morgan fingerprint density at radius 2 is 1.30 bits per heavy atom. The Morgan fingerprint density at radius 3 is 1.79 bits per heavy atom. The zero-order chi connectivity index (χ0) is 32.3. The number of ketones is 1. The van der Waals surface area contributed by atoms with Crippen molar-refractivity contribution in [2.45, 2.75) is 65.2 Å². The summed E-state index contributed by atoms with van der Waals surface area (Å²) in [7, 11) is 0. The van der Waals surface area contributed by atoms with Crippen molar-refractivity contribution < 1.29 is 33.9 Å². The minimum absolute atomic E-state index is 0.0992. The number of hydrogen-bond acceptors (Lipinski definition) is 10. The van der Waals surface area contributed by atoms with Crippen molar-refractivity contribution in [1.29, 1.82) is 0 Å². The van der Waals surface area contributed by atoms with E-state index in [4.69, 9.17) is 10.8 Å². The highest BCUT2D eigenvalue weighted by Gasteiger charge is 2.26. The molecule has 0 saturated heterocycles. The first-order valence-corrected chi connectivity index (χ1v) is 13.7. The van der Waals surface area contributed by atoms with Gasteiger partial charge in [0.05, 0.1) is 25.2 Å². The highest BCUT2D eigenvalue weighted by Crippen LogP contribution is 2.09. The smallest absolute Gasteiger partial charge is 0.325 e. The lowest BCUT2D eigenvalue weighted by Crippen LogP contribution is -2.47. The van der Waals surface area contributed by atoms with Gasteiger partial charge in [-0.25, -0.2) is 9.97 Å². The number of nitrogens with two attached hydrogens (primary N) is 1. The number of nitrogens with one attached hydrogen (secondary N) is 7. The van der Waals surface area contributed by atoms with Crippen LogP contribution in [0.15, 0.2) is 12.7 Å². The number of carbonyl (C=O) groups excluding carboxylic acids is 5. The number of aliphatic carboxylic acids is 1. The van der Waals surface area contributed by atoms with E-state index in [1.807, 2.05) is 13.8 Å². The summed E-state index contributed by atoms with van der Waals surface area (Å²) in [5, 5.41) is 22.2. The molecule has 2 rings (SSSR count). The summed E-state index contributed by atoms with van der Waals surface area (Å²) in [4.78, 5) is 87.3. The van der Waals surface area contributed by atoms with Crippen molar-refractivity contribution in [3.63, 3.8) is 0 Å².